The Hall–Kier alpha value is -3.16. The lowest BCUT2D eigenvalue weighted by molar-refractivity contribution is -0.122. The van der Waals surface area contributed by atoms with E-state index in [0.29, 0.717) is 5.56 Å². The number of rotatable bonds is 8. The van der Waals surface area contributed by atoms with Crippen molar-refractivity contribution in [3.05, 3.63) is 54.1 Å². The minimum atomic E-state index is -2.95. The fourth-order valence-corrected chi connectivity index (χ4v) is 2.04. The molecule has 0 bridgehead atoms. The first-order chi connectivity index (χ1) is 12.5. The van der Waals surface area contributed by atoms with Crippen molar-refractivity contribution in [3.8, 4) is 11.5 Å². The Morgan fingerprint density at radius 2 is 1.92 bits per heavy atom. The number of carbonyl (C=O) groups excluding carboxylic acids is 1. The van der Waals surface area contributed by atoms with Crippen LogP contribution in [0.4, 0.5) is 14.5 Å². The van der Waals surface area contributed by atoms with Crippen LogP contribution in [0.15, 0.2) is 53.7 Å². The van der Waals surface area contributed by atoms with Gasteiger partial charge in [0.15, 0.2) is 18.1 Å². The Labute approximate surface area is 149 Å². The van der Waals surface area contributed by atoms with Crippen LogP contribution in [0.1, 0.15) is 5.56 Å². The van der Waals surface area contributed by atoms with Gasteiger partial charge in [-0.15, -0.1) is 0 Å². The molecule has 0 N–H and O–H groups in total. The van der Waals surface area contributed by atoms with Crippen molar-refractivity contribution in [2.75, 3.05) is 25.7 Å². The lowest BCUT2D eigenvalue weighted by Gasteiger charge is -2.16. The summed E-state index contributed by atoms with van der Waals surface area (Å²) in [6, 6.07) is 13.4. The van der Waals surface area contributed by atoms with E-state index in [4.69, 9.17) is 9.57 Å². The molecule has 0 aliphatic heterocycles. The van der Waals surface area contributed by atoms with Crippen molar-refractivity contribution in [2.24, 2.45) is 5.16 Å². The number of alkyl halides is 2. The zero-order chi connectivity index (χ0) is 18.9. The monoisotopic (exact) mass is 364 g/mol. The molecule has 0 fully saturated rings. The molecule has 6 nitrogen and oxygen atoms in total. The fraction of sp³-hybridized carbons (Fsp3) is 0.222. The maximum absolute atomic E-state index is 12.3. The molecule has 0 saturated carbocycles. The lowest BCUT2D eigenvalue weighted by atomic mass is 10.2. The van der Waals surface area contributed by atoms with Gasteiger partial charge in [-0.25, -0.2) is 0 Å². The van der Waals surface area contributed by atoms with Gasteiger partial charge in [-0.05, 0) is 30.3 Å². The number of nitrogens with zero attached hydrogens (tertiary/aromatic N) is 2. The van der Waals surface area contributed by atoms with Crippen molar-refractivity contribution in [3.63, 3.8) is 0 Å². The van der Waals surface area contributed by atoms with Gasteiger partial charge in [0, 0.05) is 18.3 Å². The average molecular weight is 364 g/mol. The number of amides is 1. The Balaban J connectivity index is 1.91. The van der Waals surface area contributed by atoms with E-state index in [1.54, 1.807) is 19.2 Å². The summed E-state index contributed by atoms with van der Waals surface area (Å²) in [5, 5.41) is 3.71. The average Bonchev–Trinajstić information content (AvgIpc) is 2.65. The molecule has 0 aliphatic carbocycles. The van der Waals surface area contributed by atoms with Gasteiger partial charge in [-0.2, -0.15) is 8.78 Å². The standard InChI is InChI=1S/C18H18F2N2O4/c1-22(14-6-4-3-5-7-14)17(23)12-25-21-11-13-8-9-15(26-18(19)20)16(10-13)24-2/h3-11,18H,12H2,1-2H3/b21-11-. The van der Waals surface area contributed by atoms with E-state index >= 15 is 0 Å². The molecular formula is C18H18F2N2O4. The Kier molecular flexibility index (Phi) is 6.90. The number of ether oxygens (including phenoxy) is 2. The number of carbonyl (C=O) groups is 1. The number of para-hydroxylation sites is 1. The highest BCUT2D eigenvalue weighted by Gasteiger charge is 2.12. The predicted octanol–water partition coefficient (Wildman–Crippen LogP) is 3.31. The Morgan fingerprint density at radius 3 is 2.58 bits per heavy atom. The molecule has 8 heteroatoms. The summed E-state index contributed by atoms with van der Waals surface area (Å²) in [4.78, 5) is 18.5. The third-order valence-electron chi connectivity index (χ3n) is 3.39. The fourth-order valence-electron chi connectivity index (χ4n) is 2.04. The molecule has 0 aromatic heterocycles. The van der Waals surface area contributed by atoms with Crippen LogP contribution in [0.2, 0.25) is 0 Å². The van der Waals surface area contributed by atoms with Crippen LogP contribution in [0.5, 0.6) is 11.5 Å². The van der Waals surface area contributed by atoms with Gasteiger partial charge in [0.05, 0.1) is 13.3 Å². The zero-order valence-corrected chi connectivity index (χ0v) is 14.3. The summed E-state index contributed by atoms with van der Waals surface area (Å²) in [5.41, 5.74) is 1.27. The van der Waals surface area contributed by atoms with E-state index in [1.165, 1.54) is 36.4 Å². The predicted molar refractivity (Wildman–Crippen MR) is 93.0 cm³/mol. The smallest absolute Gasteiger partial charge is 0.387 e. The number of hydrogen-bond donors (Lipinski definition) is 0. The molecule has 0 atom stereocenters. The summed E-state index contributed by atoms with van der Waals surface area (Å²) in [5.74, 6) is -0.221. The number of methoxy groups -OCH3 is 1. The number of hydrogen-bond acceptors (Lipinski definition) is 5. The first-order valence-electron chi connectivity index (χ1n) is 7.61. The summed E-state index contributed by atoms with van der Waals surface area (Å²) < 4.78 is 33.9. The minimum Gasteiger partial charge on any atom is -0.493 e. The molecule has 0 unspecified atom stereocenters. The molecule has 0 saturated heterocycles. The van der Waals surface area contributed by atoms with Gasteiger partial charge in [0.2, 0.25) is 0 Å². The highest BCUT2D eigenvalue weighted by atomic mass is 19.3. The topological polar surface area (TPSA) is 60.4 Å². The van der Waals surface area contributed by atoms with Crippen molar-refractivity contribution in [1.29, 1.82) is 0 Å². The maximum atomic E-state index is 12.3. The number of oxime groups is 1. The van der Waals surface area contributed by atoms with E-state index in [9.17, 15) is 13.6 Å². The number of benzene rings is 2. The van der Waals surface area contributed by atoms with Crippen LogP contribution in [-0.2, 0) is 9.63 Å². The van der Waals surface area contributed by atoms with Crippen LogP contribution in [0.3, 0.4) is 0 Å². The zero-order valence-electron chi connectivity index (χ0n) is 14.3. The SMILES string of the molecule is COc1cc(/C=N\OCC(=O)N(C)c2ccccc2)ccc1OC(F)F. The van der Waals surface area contributed by atoms with Gasteiger partial charge in [0.1, 0.15) is 0 Å². The second kappa shape index (κ2) is 9.36. The lowest BCUT2D eigenvalue weighted by Crippen LogP contribution is -2.29. The van der Waals surface area contributed by atoms with Gasteiger partial charge in [-0.1, -0.05) is 23.4 Å². The Bertz CT molecular complexity index is 754. The van der Waals surface area contributed by atoms with E-state index in [1.807, 2.05) is 18.2 Å². The van der Waals surface area contributed by atoms with Crippen LogP contribution in [0.25, 0.3) is 0 Å². The molecule has 0 spiro atoms. The summed E-state index contributed by atoms with van der Waals surface area (Å²) in [6.07, 6.45) is 1.34. The van der Waals surface area contributed by atoms with E-state index in [2.05, 4.69) is 9.89 Å². The highest BCUT2D eigenvalue weighted by Crippen LogP contribution is 2.28. The van der Waals surface area contributed by atoms with Gasteiger partial charge in [0.25, 0.3) is 5.91 Å². The van der Waals surface area contributed by atoms with E-state index < -0.39 is 6.61 Å². The molecular weight excluding hydrogens is 346 g/mol. The van der Waals surface area contributed by atoms with Crippen molar-refractivity contribution in [1.82, 2.24) is 0 Å². The number of likely N-dealkylation sites (N-methyl/N-ethyl adjacent to an activating group) is 1. The van der Waals surface area contributed by atoms with Crippen LogP contribution < -0.4 is 14.4 Å². The molecule has 2 aromatic carbocycles. The molecule has 0 aliphatic rings. The quantitative estimate of drug-likeness (QED) is 0.533. The third kappa shape index (κ3) is 5.44. The summed E-state index contributed by atoms with van der Waals surface area (Å²) in [7, 11) is 2.97. The summed E-state index contributed by atoms with van der Waals surface area (Å²) >= 11 is 0. The van der Waals surface area contributed by atoms with Crippen LogP contribution in [0, 0.1) is 0 Å². The second-order valence-electron chi connectivity index (χ2n) is 5.09. The van der Waals surface area contributed by atoms with Gasteiger partial charge >= 0.3 is 6.61 Å². The van der Waals surface area contributed by atoms with Gasteiger partial charge in [-0.3, -0.25) is 4.79 Å². The Morgan fingerprint density at radius 1 is 1.19 bits per heavy atom. The molecule has 138 valence electrons. The number of halogens is 2. The molecule has 26 heavy (non-hydrogen) atoms. The largest absolute Gasteiger partial charge is 0.493 e. The van der Waals surface area contributed by atoms with E-state index in [0.717, 1.165) is 5.69 Å². The van der Waals surface area contributed by atoms with Crippen molar-refractivity contribution >= 4 is 17.8 Å². The van der Waals surface area contributed by atoms with Crippen LogP contribution in [-0.4, -0.2) is 39.5 Å². The first-order valence-corrected chi connectivity index (χ1v) is 7.61. The molecule has 2 rings (SSSR count). The molecule has 2 aromatic rings. The maximum Gasteiger partial charge on any atom is 0.387 e. The second-order valence-corrected chi connectivity index (χ2v) is 5.09. The molecule has 0 heterocycles. The van der Waals surface area contributed by atoms with Gasteiger partial charge < -0.3 is 19.2 Å². The molecule has 0 radical (unpaired) electrons. The minimum absolute atomic E-state index is 0.0831. The summed E-state index contributed by atoms with van der Waals surface area (Å²) in [6.45, 7) is -3.19. The first kappa shape index (κ1) is 19.2. The number of anilines is 1. The third-order valence-corrected chi connectivity index (χ3v) is 3.39. The van der Waals surface area contributed by atoms with Crippen molar-refractivity contribution < 1.29 is 27.9 Å². The molecule has 1 amide bonds. The normalized spacial score (nSPS) is 10.8. The van der Waals surface area contributed by atoms with Crippen LogP contribution >= 0.6 is 0 Å². The van der Waals surface area contributed by atoms with E-state index in [-0.39, 0.29) is 24.0 Å². The highest BCUT2D eigenvalue weighted by molar-refractivity contribution is 5.93. The van der Waals surface area contributed by atoms with Crippen molar-refractivity contribution in [2.45, 2.75) is 6.61 Å².